The summed E-state index contributed by atoms with van der Waals surface area (Å²) >= 11 is 6.17. The van der Waals surface area contributed by atoms with Gasteiger partial charge in [-0.15, -0.1) is 0 Å². The van der Waals surface area contributed by atoms with E-state index in [-0.39, 0.29) is 5.92 Å². The van der Waals surface area contributed by atoms with Crippen LogP contribution in [0, 0.1) is 0 Å². The van der Waals surface area contributed by atoms with Crippen LogP contribution in [0.1, 0.15) is 11.5 Å². The Morgan fingerprint density at radius 1 is 0.769 bits per heavy atom. The van der Waals surface area contributed by atoms with Crippen molar-refractivity contribution >= 4 is 65.2 Å². The zero-order valence-electron chi connectivity index (χ0n) is 21.5. The molecule has 2 aliphatic rings. The topological polar surface area (TPSA) is 52.3 Å². The molecule has 0 fully saturated rings. The molecule has 5 aromatic rings. The number of halogens is 1. The summed E-state index contributed by atoms with van der Waals surface area (Å²) in [5.74, 6) is 0.316. The van der Waals surface area contributed by atoms with Crippen LogP contribution in [0.2, 0.25) is 0 Å². The summed E-state index contributed by atoms with van der Waals surface area (Å²) in [6, 6.07) is 43.1. The van der Waals surface area contributed by atoms with E-state index in [2.05, 4.69) is 88.5 Å². The van der Waals surface area contributed by atoms with Crippen molar-refractivity contribution in [1.82, 2.24) is 0 Å². The zero-order chi connectivity index (χ0) is 27.1. The molecule has 0 aliphatic carbocycles. The van der Waals surface area contributed by atoms with Crippen molar-refractivity contribution in [3.63, 3.8) is 0 Å². The SMILES string of the molecule is CSCC(c1ccc2ccccc2c1)C1(N)C(=O)Oc2ccc(cc2)P1(Br)(c1ccccc1)c1ccccc1. The van der Waals surface area contributed by atoms with Crippen molar-refractivity contribution < 1.29 is 9.53 Å². The van der Waals surface area contributed by atoms with Crippen molar-refractivity contribution in [2.45, 2.75) is 11.2 Å². The number of rotatable bonds is 6. The monoisotopic (exact) mass is 613 g/mol. The molecule has 2 N–H and O–H groups in total. The first-order chi connectivity index (χ1) is 18.9. The predicted octanol–water partition coefficient (Wildman–Crippen LogP) is 6.70. The second kappa shape index (κ2) is 9.91. The van der Waals surface area contributed by atoms with Gasteiger partial charge < -0.3 is 0 Å². The predicted molar refractivity (Wildman–Crippen MR) is 172 cm³/mol. The van der Waals surface area contributed by atoms with E-state index in [0.717, 1.165) is 32.2 Å². The van der Waals surface area contributed by atoms with Crippen LogP contribution in [0.15, 0.2) is 127 Å². The van der Waals surface area contributed by atoms with Crippen LogP contribution in [0.4, 0.5) is 0 Å². The molecule has 7 rings (SSSR count). The van der Waals surface area contributed by atoms with Gasteiger partial charge in [-0.2, -0.15) is 0 Å². The molecule has 2 heterocycles. The van der Waals surface area contributed by atoms with Crippen LogP contribution < -0.4 is 26.4 Å². The van der Waals surface area contributed by atoms with Crippen LogP contribution in [-0.2, 0) is 4.79 Å². The Hall–Kier alpha value is -2.95. The molecule has 39 heavy (non-hydrogen) atoms. The third-order valence-electron chi connectivity index (χ3n) is 8.08. The van der Waals surface area contributed by atoms with Gasteiger partial charge in [0.1, 0.15) is 0 Å². The molecule has 6 heteroatoms. The number of carbonyl (C=O) groups is 1. The second-order valence-electron chi connectivity index (χ2n) is 10.0. The number of carbonyl (C=O) groups excluding carboxylic acids is 1. The van der Waals surface area contributed by atoms with Gasteiger partial charge in [-0.3, -0.25) is 0 Å². The van der Waals surface area contributed by atoms with Gasteiger partial charge >= 0.3 is 242 Å². The van der Waals surface area contributed by atoms with Gasteiger partial charge in [-0.05, 0) is 0 Å². The third-order valence-corrected chi connectivity index (χ3v) is 19.9. The number of benzene rings is 5. The van der Waals surface area contributed by atoms with Gasteiger partial charge in [0.05, 0.1) is 0 Å². The maximum absolute atomic E-state index is 14.7. The van der Waals surface area contributed by atoms with E-state index in [0.29, 0.717) is 11.5 Å². The maximum atomic E-state index is 14.7. The van der Waals surface area contributed by atoms with Crippen molar-refractivity contribution in [1.29, 1.82) is 0 Å². The second-order valence-corrected chi connectivity index (χ2v) is 19.5. The van der Waals surface area contributed by atoms with Crippen LogP contribution in [0.3, 0.4) is 0 Å². The molecule has 0 amide bonds. The van der Waals surface area contributed by atoms with Crippen molar-refractivity contribution in [2.24, 2.45) is 5.73 Å². The summed E-state index contributed by atoms with van der Waals surface area (Å²) in [4.78, 5) is 14.7. The number of hydrogen-bond acceptors (Lipinski definition) is 4. The van der Waals surface area contributed by atoms with Crippen molar-refractivity contribution in [3.05, 3.63) is 133 Å². The molecule has 196 valence electrons. The molecule has 0 radical (unpaired) electrons. The zero-order valence-corrected chi connectivity index (χ0v) is 24.8. The van der Waals surface area contributed by atoms with Crippen molar-refractivity contribution in [2.75, 3.05) is 12.0 Å². The Morgan fingerprint density at radius 3 is 1.90 bits per heavy atom. The van der Waals surface area contributed by atoms with Crippen LogP contribution in [0.5, 0.6) is 5.75 Å². The summed E-state index contributed by atoms with van der Waals surface area (Å²) in [7, 11) is 0. The van der Waals surface area contributed by atoms with E-state index in [1.165, 1.54) is 0 Å². The fourth-order valence-corrected chi connectivity index (χ4v) is 15.9. The summed E-state index contributed by atoms with van der Waals surface area (Å²) in [5, 5.41) is -0.258. The van der Waals surface area contributed by atoms with Crippen LogP contribution in [-0.4, -0.2) is 23.3 Å². The summed E-state index contributed by atoms with van der Waals surface area (Å²) in [5.41, 5.74) is 8.88. The Balaban J connectivity index is 1.79. The van der Waals surface area contributed by atoms with Gasteiger partial charge in [0.25, 0.3) is 0 Å². The fraction of sp³-hybridized carbons (Fsp3) is 0.121. The number of hydrogen-bond donors (Lipinski definition) is 1. The Labute approximate surface area is 241 Å². The first-order valence-corrected chi connectivity index (χ1v) is 18.5. The number of esters is 1. The van der Waals surface area contributed by atoms with E-state index in [4.69, 9.17) is 10.5 Å². The summed E-state index contributed by atoms with van der Waals surface area (Å²) < 4.78 is 6.15. The minimum absolute atomic E-state index is 0.378. The normalized spacial score (nSPS) is 21.2. The summed E-state index contributed by atoms with van der Waals surface area (Å²) in [6.45, 7) is 0. The van der Waals surface area contributed by atoms with Crippen LogP contribution >= 0.6 is 32.6 Å². The molecule has 3 nitrogen and oxygen atoms in total. The Morgan fingerprint density at radius 2 is 1.31 bits per heavy atom. The van der Waals surface area contributed by atoms with Crippen molar-refractivity contribution in [3.8, 4) is 5.75 Å². The number of thioether (sulfide) groups is 1. The molecular formula is C33H29BrNO2PS. The first-order valence-electron chi connectivity index (χ1n) is 12.9. The van der Waals surface area contributed by atoms with Crippen LogP contribution in [0.25, 0.3) is 10.8 Å². The van der Waals surface area contributed by atoms with E-state index in [1.807, 2.05) is 60.7 Å². The molecule has 2 unspecified atom stereocenters. The average Bonchev–Trinajstić information content (AvgIpc) is 2.99. The number of nitrogens with two attached hydrogens (primary N) is 1. The first kappa shape index (κ1) is 26.3. The van der Waals surface area contributed by atoms with E-state index in [9.17, 15) is 4.79 Å². The van der Waals surface area contributed by atoms with Gasteiger partial charge in [-0.1, -0.05) is 0 Å². The quantitative estimate of drug-likeness (QED) is 0.131. The molecule has 2 aliphatic heterocycles. The third kappa shape index (κ3) is 3.68. The Kier molecular flexibility index (Phi) is 6.68. The van der Waals surface area contributed by atoms with Gasteiger partial charge in [-0.25, -0.2) is 0 Å². The molecule has 0 saturated carbocycles. The minimum atomic E-state index is -3.98. The molecule has 2 atom stereocenters. The average molecular weight is 615 g/mol. The molecule has 2 bridgehead atoms. The molecular weight excluding hydrogens is 585 g/mol. The van der Waals surface area contributed by atoms with Gasteiger partial charge in [0.15, 0.2) is 0 Å². The van der Waals surface area contributed by atoms with E-state index >= 15 is 0 Å². The van der Waals surface area contributed by atoms with Gasteiger partial charge in [0.2, 0.25) is 0 Å². The summed E-state index contributed by atoms with van der Waals surface area (Å²) in [6.07, 6.45) is 2.06. The molecule has 0 aromatic heterocycles. The molecule has 5 aromatic carbocycles. The van der Waals surface area contributed by atoms with E-state index in [1.54, 1.807) is 11.8 Å². The number of fused-ring (bicyclic) bond motifs is 6. The Bertz CT molecular complexity index is 1620. The number of ether oxygens (including phenoxy) is 1. The standard InChI is InChI=1S/C33H29BrNO2PS/c1-39-23-31(26-17-16-24-10-8-9-11-25(24)22-26)33(35)32(36)37-27-18-20-30(21-19-27)38(33,34,28-12-4-2-5-13-28)29-14-6-3-7-15-29/h2-22,31H,23,35H2,1H3. The van der Waals surface area contributed by atoms with Gasteiger partial charge in [0, 0.05) is 0 Å². The molecule has 0 spiro atoms. The van der Waals surface area contributed by atoms with E-state index < -0.39 is 16.6 Å². The molecule has 0 saturated heterocycles. The fourth-order valence-electron chi connectivity index (χ4n) is 6.16.